The number of methoxy groups -OCH3 is 1. The van der Waals surface area contributed by atoms with E-state index in [2.05, 4.69) is 29.4 Å². The summed E-state index contributed by atoms with van der Waals surface area (Å²) < 4.78 is 5.43. The highest BCUT2D eigenvalue weighted by atomic mass is 32.2. The van der Waals surface area contributed by atoms with Gasteiger partial charge in [0, 0.05) is 11.9 Å². The van der Waals surface area contributed by atoms with E-state index in [1.165, 1.54) is 31.7 Å². The van der Waals surface area contributed by atoms with Gasteiger partial charge in [-0.15, -0.1) is 0 Å². The molecule has 2 aromatic rings. The van der Waals surface area contributed by atoms with Crippen molar-refractivity contribution >= 4 is 22.7 Å². The molecule has 1 saturated heterocycles. The normalized spacial score (nSPS) is 17.0. The number of ether oxygens (including phenoxy) is 1. The molecule has 0 saturated carbocycles. The Balaban J connectivity index is 1.69. The first-order chi connectivity index (χ1) is 10.8. The van der Waals surface area contributed by atoms with Crippen LogP contribution in [0.2, 0.25) is 0 Å². The molecule has 22 heavy (non-hydrogen) atoms. The number of thioether (sulfide) groups is 1. The molecule has 0 radical (unpaired) electrons. The van der Waals surface area contributed by atoms with E-state index >= 15 is 0 Å². The number of benzene rings is 1. The molecule has 0 N–H and O–H groups in total. The average molecular weight is 316 g/mol. The van der Waals surface area contributed by atoms with Crippen LogP contribution in [0.25, 0.3) is 10.9 Å². The highest BCUT2D eigenvalue weighted by Crippen LogP contribution is 2.25. The largest absolute Gasteiger partial charge is 0.494 e. The Morgan fingerprint density at radius 2 is 2.05 bits per heavy atom. The summed E-state index contributed by atoms with van der Waals surface area (Å²) in [7, 11) is 1.71. The number of piperidine rings is 1. The smallest absolute Gasteiger partial charge is 0.145 e. The lowest BCUT2D eigenvalue weighted by atomic mass is 9.99. The van der Waals surface area contributed by atoms with Crippen molar-refractivity contribution in [3.63, 3.8) is 0 Å². The number of hydrogen-bond donors (Lipinski definition) is 0. The number of likely N-dealkylation sites (tertiary alicyclic amines) is 1. The Morgan fingerprint density at radius 1 is 1.23 bits per heavy atom. The highest BCUT2D eigenvalue weighted by molar-refractivity contribution is 7.98. The molecule has 4 heteroatoms. The van der Waals surface area contributed by atoms with E-state index in [-0.39, 0.29) is 0 Å². The first-order valence-corrected chi connectivity index (χ1v) is 9.33. The number of pyridine rings is 1. The van der Waals surface area contributed by atoms with Gasteiger partial charge in [-0.25, -0.2) is 4.98 Å². The molecule has 1 aromatic heterocycles. The van der Waals surface area contributed by atoms with Crippen LogP contribution < -0.4 is 4.74 Å². The Morgan fingerprint density at radius 3 is 2.77 bits per heavy atom. The molecule has 0 spiro atoms. The number of para-hydroxylation sites is 1. The van der Waals surface area contributed by atoms with Crippen LogP contribution in [0.5, 0.6) is 5.75 Å². The zero-order valence-corrected chi connectivity index (χ0v) is 14.2. The van der Waals surface area contributed by atoms with Crippen LogP contribution in [-0.4, -0.2) is 42.1 Å². The van der Waals surface area contributed by atoms with Crippen LogP contribution in [0.4, 0.5) is 0 Å². The van der Waals surface area contributed by atoms with Crippen LogP contribution in [0.1, 0.15) is 18.5 Å². The van der Waals surface area contributed by atoms with Crippen molar-refractivity contribution in [1.29, 1.82) is 0 Å². The molecule has 118 valence electrons. The lowest BCUT2D eigenvalue weighted by Crippen LogP contribution is -2.34. The minimum atomic E-state index is 0.859. The zero-order chi connectivity index (χ0) is 15.4. The molecule has 3 rings (SSSR count). The summed E-state index contributed by atoms with van der Waals surface area (Å²) in [5.41, 5.74) is 2.11. The third-order valence-corrected chi connectivity index (χ3v) is 5.26. The number of hydrogen-bond acceptors (Lipinski definition) is 4. The van der Waals surface area contributed by atoms with E-state index in [1.807, 2.05) is 23.9 Å². The fourth-order valence-corrected chi connectivity index (χ4v) is 3.99. The van der Waals surface area contributed by atoms with Gasteiger partial charge in [-0.2, -0.15) is 11.8 Å². The second kappa shape index (κ2) is 7.34. The van der Waals surface area contributed by atoms with E-state index in [1.54, 1.807) is 7.11 Å². The van der Waals surface area contributed by atoms with E-state index in [4.69, 9.17) is 9.72 Å². The van der Waals surface area contributed by atoms with Gasteiger partial charge < -0.3 is 4.74 Å². The van der Waals surface area contributed by atoms with Gasteiger partial charge in [0.25, 0.3) is 0 Å². The monoisotopic (exact) mass is 316 g/mol. The predicted molar refractivity (Wildman–Crippen MR) is 94.7 cm³/mol. The summed E-state index contributed by atoms with van der Waals surface area (Å²) in [5.74, 6) is 3.06. The highest BCUT2D eigenvalue weighted by Gasteiger charge is 2.19. The van der Waals surface area contributed by atoms with E-state index in [0.29, 0.717) is 0 Å². The predicted octanol–water partition coefficient (Wildman–Crippen LogP) is 3.82. The van der Waals surface area contributed by atoms with Crippen molar-refractivity contribution < 1.29 is 4.74 Å². The second-order valence-corrected chi connectivity index (χ2v) is 6.92. The van der Waals surface area contributed by atoms with Gasteiger partial charge in [-0.3, -0.25) is 4.90 Å². The van der Waals surface area contributed by atoms with Crippen LogP contribution in [0, 0.1) is 5.92 Å². The van der Waals surface area contributed by atoms with Gasteiger partial charge in [0.15, 0.2) is 0 Å². The maximum Gasteiger partial charge on any atom is 0.145 e. The van der Waals surface area contributed by atoms with Crippen molar-refractivity contribution in [1.82, 2.24) is 9.88 Å². The van der Waals surface area contributed by atoms with Crippen LogP contribution in [0.15, 0.2) is 30.3 Å². The lowest BCUT2D eigenvalue weighted by Gasteiger charge is -2.31. The average Bonchev–Trinajstić information content (AvgIpc) is 2.56. The molecule has 0 atom stereocenters. The first kappa shape index (κ1) is 15.6. The van der Waals surface area contributed by atoms with Gasteiger partial charge in [-0.05, 0) is 56.0 Å². The van der Waals surface area contributed by atoms with Crippen molar-refractivity contribution in [2.45, 2.75) is 19.4 Å². The van der Waals surface area contributed by atoms with Crippen molar-refractivity contribution in [3.05, 3.63) is 36.0 Å². The lowest BCUT2D eigenvalue weighted by molar-refractivity contribution is 0.185. The molecular formula is C18H24N2OS. The summed E-state index contributed by atoms with van der Waals surface area (Å²) in [4.78, 5) is 7.35. The molecule has 2 heterocycles. The minimum absolute atomic E-state index is 0.859. The number of fused-ring (bicyclic) bond motifs is 1. The molecule has 1 fully saturated rings. The number of aromatic nitrogens is 1. The van der Waals surface area contributed by atoms with Crippen LogP contribution in [-0.2, 0) is 6.54 Å². The van der Waals surface area contributed by atoms with Gasteiger partial charge in [0.1, 0.15) is 11.3 Å². The maximum absolute atomic E-state index is 5.43. The number of rotatable bonds is 5. The Kier molecular flexibility index (Phi) is 5.21. The first-order valence-electron chi connectivity index (χ1n) is 7.94. The molecular weight excluding hydrogens is 292 g/mol. The Labute approximate surface area is 137 Å². The van der Waals surface area contributed by atoms with E-state index in [0.717, 1.165) is 34.8 Å². The molecule has 1 aromatic carbocycles. The second-order valence-electron chi connectivity index (χ2n) is 6.01. The summed E-state index contributed by atoms with van der Waals surface area (Å²) in [5, 5.41) is 1.14. The molecule has 1 aliphatic heterocycles. The van der Waals surface area contributed by atoms with Gasteiger partial charge >= 0.3 is 0 Å². The quantitative estimate of drug-likeness (QED) is 0.837. The topological polar surface area (TPSA) is 25.4 Å². The summed E-state index contributed by atoms with van der Waals surface area (Å²) in [6, 6.07) is 10.4. The third kappa shape index (κ3) is 3.55. The standard InChI is InChI=1S/C18H24N2OS/c1-21-17-5-3-4-15-6-7-16(19-18(15)17)12-20-10-8-14(9-11-20)13-22-2/h3-7,14H,8-13H2,1-2H3. The molecule has 3 nitrogen and oxygen atoms in total. The molecule has 1 aliphatic rings. The maximum atomic E-state index is 5.43. The fraction of sp³-hybridized carbons (Fsp3) is 0.500. The number of nitrogens with zero attached hydrogens (tertiary/aromatic N) is 2. The molecule has 0 unspecified atom stereocenters. The van der Waals surface area contributed by atoms with Crippen molar-refractivity contribution in [2.75, 3.05) is 32.2 Å². The van der Waals surface area contributed by atoms with E-state index in [9.17, 15) is 0 Å². The molecule has 0 aliphatic carbocycles. The van der Waals surface area contributed by atoms with Gasteiger partial charge in [0.2, 0.25) is 0 Å². The summed E-state index contributed by atoms with van der Waals surface area (Å²) in [6.07, 6.45) is 4.84. The van der Waals surface area contributed by atoms with Crippen molar-refractivity contribution in [2.24, 2.45) is 5.92 Å². The Hall–Kier alpha value is -1.26. The van der Waals surface area contributed by atoms with Crippen molar-refractivity contribution in [3.8, 4) is 5.75 Å². The summed E-state index contributed by atoms with van der Waals surface area (Å²) in [6.45, 7) is 3.33. The third-order valence-electron chi connectivity index (χ3n) is 4.46. The van der Waals surface area contributed by atoms with Crippen LogP contribution >= 0.6 is 11.8 Å². The molecule has 0 bridgehead atoms. The van der Waals surface area contributed by atoms with Crippen LogP contribution in [0.3, 0.4) is 0 Å². The zero-order valence-electron chi connectivity index (χ0n) is 13.4. The Bertz CT molecular complexity index is 624. The SMILES string of the molecule is COc1cccc2ccc(CN3CCC(CSC)CC3)nc12. The molecule has 0 amide bonds. The fourth-order valence-electron chi connectivity index (χ4n) is 3.19. The van der Waals surface area contributed by atoms with Gasteiger partial charge in [0.05, 0.1) is 12.8 Å². The van der Waals surface area contributed by atoms with E-state index < -0.39 is 0 Å². The minimum Gasteiger partial charge on any atom is -0.494 e. The van der Waals surface area contributed by atoms with Gasteiger partial charge in [-0.1, -0.05) is 18.2 Å². The summed E-state index contributed by atoms with van der Waals surface area (Å²) >= 11 is 1.97.